The molecular formula is C14H11FO4S2. The predicted molar refractivity (Wildman–Crippen MR) is 77.9 cm³/mol. The van der Waals surface area contributed by atoms with Crippen LogP contribution in [0.5, 0.6) is 0 Å². The van der Waals surface area contributed by atoms with E-state index in [1.807, 2.05) is 0 Å². The Balaban J connectivity index is 1.97. The Kier molecular flexibility index (Phi) is 3.71. The van der Waals surface area contributed by atoms with Gasteiger partial charge in [-0.15, -0.1) is 23.5 Å². The van der Waals surface area contributed by atoms with Gasteiger partial charge in [0.15, 0.2) is 5.57 Å². The lowest BCUT2D eigenvalue weighted by Gasteiger charge is -2.33. The third-order valence-corrected chi connectivity index (χ3v) is 5.81. The summed E-state index contributed by atoms with van der Waals surface area (Å²) >= 11 is 2.84. The van der Waals surface area contributed by atoms with Gasteiger partial charge >= 0.3 is 11.9 Å². The molecule has 21 heavy (non-hydrogen) atoms. The van der Waals surface area contributed by atoms with Crippen LogP contribution in [0.2, 0.25) is 0 Å². The quantitative estimate of drug-likeness (QED) is 0.449. The molecule has 0 aliphatic carbocycles. The molecule has 0 radical (unpaired) electrons. The molecule has 0 saturated carbocycles. The number of hydrogen-bond donors (Lipinski definition) is 0. The fourth-order valence-corrected chi connectivity index (χ4v) is 4.61. The Hall–Kier alpha value is -1.47. The van der Waals surface area contributed by atoms with E-state index in [9.17, 15) is 14.0 Å². The van der Waals surface area contributed by atoms with E-state index in [-0.39, 0.29) is 11.1 Å². The highest BCUT2D eigenvalue weighted by Gasteiger charge is 2.47. The predicted octanol–water partition coefficient (Wildman–Crippen LogP) is 2.79. The van der Waals surface area contributed by atoms with Crippen LogP contribution in [0.15, 0.2) is 34.1 Å². The van der Waals surface area contributed by atoms with Crippen LogP contribution in [0.25, 0.3) is 0 Å². The first-order valence-corrected chi connectivity index (χ1v) is 8.20. The Labute approximate surface area is 129 Å². The summed E-state index contributed by atoms with van der Waals surface area (Å²) in [7, 11) is 0. The van der Waals surface area contributed by atoms with E-state index < -0.39 is 23.5 Å². The number of carbonyl (C=O) groups excluding carboxylic acids is 2. The molecule has 1 aromatic carbocycles. The number of halogens is 1. The van der Waals surface area contributed by atoms with Crippen molar-refractivity contribution in [3.8, 4) is 0 Å². The smallest absolute Gasteiger partial charge is 0.350 e. The lowest BCUT2D eigenvalue weighted by atomic mass is 10.1. The number of hydrogen-bond acceptors (Lipinski definition) is 6. The molecule has 0 unspecified atom stereocenters. The fraction of sp³-hybridized carbons (Fsp3) is 0.286. The van der Waals surface area contributed by atoms with E-state index in [2.05, 4.69) is 0 Å². The molecule has 3 rings (SSSR count). The van der Waals surface area contributed by atoms with Gasteiger partial charge in [-0.2, -0.15) is 0 Å². The third-order valence-electron chi connectivity index (χ3n) is 3.10. The van der Waals surface area contributed by atoms with Crippen molar-refractivity contribution in [2.75, 3.05) is 11.5 Å². The summed E-state index contributed by atoms with van der Waals surface area (Å²) < 4.78 is 24.9. The molecular weight excluding hydrogens is 315 g/mol. The third kappa shape index (κ3) is 2.55. The van der Waals surface area contributed by atoms with E-state index in [1.54, 1.807) is 6.07 Å². The van der Waals surface area contributed by atoms with Crippen LogP contribution < -0.4 is 0 Å². The number of thioether (sulfide) groups is 2. The van der Waals surface area contributed by atoms with Gasteiger partial charge in [-0.3, -0.25) is 0 Å². The van der Waals surface area contributed by atoms with Crippen LogP contribution in [0.1, 0.15) is 12.5 Å². The molecule has 0 N–H and O–H groups in total. The maximum Gasteiger partial charge on any atom is 0.350 e. The van der Waals surface area contributed by atoms with E-state index in [4.69, 9.17) is 9.47 Å². The monoisotopic (exact) mass is 326 g/mol. The molecule has 2 heterocycles. The van der Waals surface area contributed by atoms with Crippen molar-refractivity contribution < 1.29 is 23.5 Å². The summed E-state index contributed by atoms with van der Waals surface area (Å²) in [6.45, 7) is 1.36. The van der Waals surface area contributed by atoms with Crippen LogP contribution in [-0.2, 0) is 24.8 Å². The number of carbonyl (C=O) groups is 2. The first kappa shape index (κ1) is 14.5. The average molecular weight is 326 g/mol. The van der Waals surface area contributed by atoms with Gasteiger partial charge in [0, 0.05) is 18.4 Å². The van der Waals surface area contributed by atoms with Gasteiger partial charge in [0.05, 0.1) is 9.80 Å². The molecule has 2 aliphatic heterocycles. The zero-order valence-corrected chi connectivity index (χ0v) is 12.7. The summed E-state index contributed by atoms with van der Waals surface area (Å²) in [5.41, 5.74) is -0.0706. The van der Waals surface area contributed by atoms with Gasteiger partial charge in [0.2, 0.25) is 0 Å². The van der Waals surface area contributed by atoms with Crippen molar-refractivity contribution in [2.45, 2.75) is 12.7 Å². The highest BCUT2D eigenvalue weighted by molar-refractivity contribution is 8.25. The minimum Gasteiger partial charge on any atom is -0.414 e. The molecule has 0 spiro atoms. The molecule has 4 nitrogen and oxygen atoms in total. The van der Waals surface area contributed by atoms with Crippen molar-refractivity contribution in [3.63, 3.8) is 0 Å². The highest BCUT2D eigenvalue weighted by Crippen LogP contribution is 2.43. The summed E-state index contributed by atoms with van der Waals surface area (Å²) in [6, 6.07) is 5.74. The molecule has 0 atom stereocenters. The SMILES string of the molecule is CC1(c2ccccc2F)OC(=O)C(=C2SCCS2)C(=O)O1. The second kappa shape index (κ2) is 5.38. The fourth-order valence-electron chi connectivity index (χ4n) is 2.12. The Bertz CT molecular complexity index is 628. The molecule has 7 heteroatoms. The second-order valence-electron chi connectivity index (χ2n) is 4.56. The standard InChI is InChI=1S/C14H11FO4S2/c1-14(8-4-2-3-5-9(8)15)18-11(16)10(12(17)19-14)13-20-6-7-21-13/h2-5H,6-7H2,1H3. The van der Waals surface area contributed by atoms with Crippen molar-refractivity contribution in [1.29, 1.82) is 0 Å². The average Bonchev–Trinajstić information content (AvgIpc) is 2.91. The van der Waals surface area contributed by atoms with Gasteiger partial charge < -0.3 is 9.47 Å². The topological polar surface area (TPSA) is 52.6 Å². The summed E-state index contributed by atoms with van der Waals surface area (Å²) in [6.07, 6.45) is 0. The van der Waals surface area contributed by atoms with Gasteiger partial charge in [-0.05, 0) is 12.1 Å². The Morgan fingerprint density at radius 3 is 2.24 bits per heavy atom. The molecule has 0 aromatic heterocycles. The lowest BCUT2D eigenvalue weighted by Crippen LogP contribution is -2.42. The number of esters is 2. The molecule has 2 fully saturated rings. The molecule has 2 aliphatic rings. The van der Waals surface area contributed by atoms with Gasteiger partial charge in [-0.25, -0.2) is 14.0 Å². The first-order chi connectivity index (χ1) is 10.0. The normalized spacial score (nSPS) is 25.8. The van der Waals surface area contributed by atoms with Gasteiger partial charge in [0.1, 0.15) is 5.82 Å². The first-order valence-electron chi connectivity index (χ1n) is 6.23. The van der Waals surface area contributed by atoms with Crippen molar-refractivity contribution in [3.05, 3.63) is 45.5 Å². The highest BCUT2D eigenvalue weighted by atomic mass is 32.2. The van der Waals surface area contributed by atoms with Crippen LogP contribution in [0, 0.1) is 5.82 Å². The minimum absolute atomic E-state index is 0.0162. The number of rotatable bonds is 1. The van der Waals surface area contributed by atoms with Gasteiger partial charge in [0.25, 0.3) is 5.79 Å². The zero-order valence-electron chi connectivity index (χ0n) is 11.1. The second-order valence-corrected chi connectivity index (χ2v) is 7.03. The molecule has 0 amide bonds. The maximum absolute atomic E-state index is 13.9. The van der Waals surface area contributed by atoms with Crippen molar-refractivity contribution >= 4 is 35.5 Å². The Morgan fingerprint density at radius 2 is 1.67 bits per heavy atom. The van der Waals surface area contributed by atoms with Crippen molar-refractivity contribution in [1.82, 2.24) is 0 Å². The zero-order chi connectivity index (χ0) is 15.0. The van der Waals surface area contributed by atoms with E-state index in [0.29, 0.717) is 4.24 Å². The molecule has 110 valence electrons. The molecule has 2 saturated heterocycles. The van der Waals surface area contributed by atoms with Crippen LogP contribution >= 0.6 is 23.5 Å². The largest absolute Gasteiger partial charge is 0.414 e. The number of benzene rings is 1. The number of cyclic esters (lactones) is 2. The summed E-state index contributed by atoms with van der Waals surface area (Å²) in [4.78, 5) is 24.3. The maximum atomic E-state index is 13.9. The minimum atomic E-state index is -1.74. The number of ether oxygens (including phenoxy) is 2. The van der Waals surface area contributed by atoms with Crippen molar-refractivity contribution in [2.24, 2.45) is 0 Å². The van der Waals surface area contributed by atoms with E-state index in [0.717, 1.165) is 11.5 Å². The van der Waals surface area contributed by atoms with Crippen LogP contribution in [0.4, 0.5) is 4.39 Å². The summed E-state index contributed by atoms with van der Waals surface area (Å²) in [5.74, 6) is -2.22. The van der Waals surface area contributed by atoms with Crippen LogP contribution in [0.3, 0.4) is 0 Å². The van der Waals surface area contributed by atoms with E-state index >= 15 is 0 Å². The van der Waals surface area contributed by atoms with Crippen LogP contribution in [-0.4, -0.2) is 23.4 Å². The van der Waals surface area contributed by atoms with Gasteiger partial charge in [-0.1, -0.05) is 12.1 Å². The molecule has 0 bridgehead atoms. The Morgan fingerprint density at radius 1 is 1.10 bits per heavy atom. The summed E-state index contributed by atoms with van der Waals surface area (Å²) in [5, 5.41) is 0. The molecule has 1 aromatic rings. The van der Waals surface area contributed by atoms with E-state index in [1.165, 1.54) is 48.6 Å². The lowest BCUT2D eigenvalue weighted by molar-refractivity contribution is -0.234.